The van der Waals surface area contributed by atoms with Crippen molar-refractivity contribution >= 4 is 22.6 Å². The van der Waals surface area contributed by atoms with Crippen molar-refractivity contribution in [3.05, 3.63) is 63.5 Å². The summed E-state index contributed by atoms with van der Waals surface area (Å²) in [6.07, 6.45) is 3.58. The molecule has 0 fully saturated rings. The summed E-state index contributed by atoms with van der Waals surface area (Å²) >= 11 is 2.29. The van der Waals surface area contributed by atoms with Crippen molar-refractivity contribution in [1.82, 2.24) is 10.4 Å². The molecule has 0 amide bonds. The van der Waals surface area contributed by atoms with E-state index < -0.39 is 0 Å². The van der Waals surface area contributed by atoms with Crippen LogP contribution in [0, 0.1) is 3.57 Å². The first-order chi connectivity index (χ1) is 7.81. The molecule has 1 aromatic heterocycles. The molecule has 0 bridgehead atoms. The van der Waals surface area contributed by atoms with Crippen LogP contribution in [0.4, 0.5) is 0 Å². The molecule has 16 heavy (non-hydrogen) atoms. The van der Waals surface area contributed by atoms with E-state index in [-0.39, 0.29) is 6.04 Å². The van der Waals surface area contributed by atoms with Crippen LogP contribution in [-0.2, 0) is 0 Å². The highest BCUT2D eigenvalue weighted by Gasteiger charge is 2.11. The third kappa shape index (κ3) is 2.58. The van der Waals surface area contributed by atoms with E-state index in [1.54, 1.807) is 6.20 Å². The third-order valence-electron chi connectivity index (χ3n) is 2.37. The van der Waals surface area contributed by atoms with Gasteiger partial charge in [-0.1, -0.05) is 18.2 Å². The lowest BCUT2D eigenvalue weighted by Crippen LogP contribution is -2.28. The van der Waals surface area contributed by atoms with Crippen LogP contribution in [0.15, 0.2) is 48.8 Å². The van der Waals surface area contributed by atoms with Gasteiger partial charge in [0.05, 0.1) is 6.04 Å². The van der Waals surface area contributed by atoms with E-state index in [0.717, 1.165) is 11.1 Å². The highest BCUT2D eigenvalue weighted by atomic mass is 127. The van der Waals surface area contributed by atoms with Gasteiger partial charge in [-0.25, -0.2) is 5.43 Å². The molecule has 1 unspecified atom stereocenters. The Kier molecular flexibility index (Phi) is 3.87. The predicted molar refractivity (Wildman–Crippen MR) is 72.6 cm³/mol. The second-order valence-corrected chi connectivity index (χ2v) is 4.69. The van der Waals surface area contributed by atoms with Crippen LogP contribution in [-0.4, -0.2) is 4.98 Å². The summed E-state index contributed by atoms with van der Waals surface area (Å²) in [6.45, 7) is 0. The Hall–Kier alpha value is -0.980. The van der Waals surface area contributed by atoms with Gasteiger partial charge in [0, 0.05) is 16.0 Å². The third-order valence-corrected chi connectivity index (χ3v) is 3.04. The van der Waals surface area contributed by atoms with E-state index in [2.05, 4.69) is 51.2 Å². The van der Waals surface area contributed by atoms with Crippen molar-refractivity contribution in [3.63, 3.8) is 0 Å². The quantitative estimate of drug-likeness (QED) is 0.517. The molecule has 1 aromatic carbocycles. The van der Waals surface area contributed by atoms with Crippen molar-refractivity contribution in [2.45, 2.75) is 6.04 Å². The molecule has 3 nitrogen and oxygen atoms in total. The molecule has 4 heteroatoms. The minimum Gasteiger partial charge on any atom is -0.271 e. The highest BCUT2D eigenvalue weighted by molar-refractivity contribution is 14.1. The zero-order valence-corrected chi connectivity index (χ0v) is 10.8. The Balaban J connectivity index is 2.37. The first-order valence-corrected chi connectivity index (χ1v) is 6.00. The Bertz CT molecular complexity index is 459. The Labute approximate surface area is 108 Å². The first-order valence-electron chi connectivity index (χ1n) is 4.93. The second kappa shape index (κ2) is 5.38. The van der Waals surface area contributed by atoms with Gasteiger partial charge >= 0.3 is 0 Å². The average Bonchev–Trinajstić information content (AvgIpc) is 2.31. The summed E-state index contributed by atoms with van der Waals surface area (Å²) in [5.74, 6) is 5.61. The first kappa shape index (κ1) is 11.5. The molecule has 0 aliphatic rings. The zero-order valence-electron chi connectivity index (χ0n) is 8.60. The molecule has 0 saturated carbocycles. The second-order valence-electron chi connectivity index (χ2n) is 3.44. The van der Waals surface area contributed by atoms with Crippen molar-refractivity contribution in [2.24, 2.45) is 5.84 Å². The van der Waals surface area contributed by atoms with Crippen LogP contribution in [0.25, 0.3) is 0 Å². The van der Waals surface area contributed by atoms with Crippen molar-refractivity contribution in [2.75, 3.05) is 0 Å². The lowest BCUT2D eigenvalue weighted by Gasteiger charge is -2.16. The van der Waals surface area contributed by atoms with Crippen LogP contribution in [0.1, 0.15) is 17.2 Å². The minimum absolute atomic E-state index is 0.0107. The molecule has 0 aliphatic heterocycles. The number of hydrogen-bond donors (Lipinski definition) is 2. The molecular weight excluding hydrogens is 313 g/mol. The zero-order chi connectivity index (χ0) is 11.4. The summed E-state index contributed by atoms with van der Waals surface area (Å²) in [6, 6.07) is 12.2. The summed E-state index contributed by atoms with van der Waals surface area (Å²) in [4.78, 5) is 4.10. The topological polar surface area (TPSA) is 50.9 Å². The monoisotopic (exact) mass is 325 g/mol. The van der Waals surface area contributed by atoms with Crippen LogP contribution in [0.3, 0.4) is 0 Å². The summed E-state index contributed by atoms with van der Waals surface area (Å²) < 4.78 is 1.19. The maximum Gasteiger partial charge on any atom is 0.0725 e. The number of aromatic nitrogens is 1. The maximum atomic E-state index is 5.61. The molecule has 3 N–H and O–H groups in total. The molecule has 2 rings (SSSR count). The summed E-state index contributed by atoms with van der Waals surface area (Å²) in [7, 11) is 0. The number of nitrogens with two attached hydrogens (primary N) is 1. The van der Waals surface area contributed by atoms with Gasteiger partial charge in [-0.2, -0.15) is 0 Å². The van der Waals surface area contributed by atoms with Crippen LogP contribution in [0.5, 0.6) is 0 Å². The van der Waals surface area contributed by atoms with E-state index in [1.165, 1.54) is 3.57 Å². The van der Waals surface area contributed by atoms with Crippen molar-refractivity contribution in [1.29, 1.82) is 0 Å². The highest BCUT2D eigenvalue weighted by Crippen LogP contribution is 2.21. The lowest BCUT2D eigenvalue weighted by molar-refractivity contribution is 0.634. The fraction of sp³-hybridized carbons (Fsp3) is 0.0833. The average molecular weight is 325 g/mol. The van der Waals surface area contributed by atoms with E-state index in [9.17, 15) is 0 Å². The van der Waals surface area contributed by atoms with Crippen LogP contribution in [0.2, 0.25) is 0 Å². The van der Waals surface area contributed by atoms with Gasteiger partial charge in [0.25, 0.3) is 0 Å². The summed E-state index contributed by atoms with van der Waals surface area (Å²) in [5.41, 5.74) is 5.02. The number of nitrogens with zero attached hydrogens (tertiary/aromatic N) is 1. The maximum absolute atomic E-state index is 5.61. The van der Waals surface area contributed by atoms with E-state index >= 15 is 0 Å². The molecule has 1 heterocycles. The largest absolute Gasteiger partial charge is 0.271 e. The normalized spacial score (nSPS) is 12.4. The molecule has 1 atom stereocenters. The Morgan fingerprint density at radius 1 is 1.19 bits per heavy atom. The van der Waals surface area contributed by atoms with Gasteiger partial charge in [-0.15, -0.1) is 0 Å². The van der Waals surface area contributed by atoms with Crippen molar-refractivity contribution < 1.29 is 0 Å². The minimum atomic E-state index is -0.0107. The molecule has 0 aliphatic carbocycles. The number of hydrogen-bond acceptors (Lipinski definition) is 3. The number of pyridine rings is 1. The van der Waals surface area contributed by atoms with Gasteiger partial charge in [-0.3, -0.25) is 10.8 Å². The van der Waals surface area contributed by atoms with Crippen LogP contribution >= 0.6 is 22.6 Å². The fourth-order valence-electron chi connectivity index (χ4n) is 1.62. The number of rotatable bonds is 3. The fourth-order valence-corrected chi connectivity index (χ4v) is 2.18. The van der Waals surface area contributed by atoms with E-state index in [1.807, 2.05) is 24.4 Å². The number of benzene rings is 1. The van der Waals surface area contributed by atoms with E-state index in [0.29, 0.717) is 0 Å². The van der Waals surface area contributed by atoms with Gasteiger partial charge in [0.1, 0.15) is 0 Å². The standard InChI is InChI=1S/C12H12IN3/c13-11-5-1-3-9(7-11)12(16-14)10-4-2-6-15-8-10/h1-8,12,16H,14H2. The van der Waals surface area contributed by atoms with Gasteiger partial charge in [0.2, 0.25) is 0 Å². The van der Waals surface area contributed by atoms with Gasteiger partial charge in [-0.05, 0) is 51.9 Å². The molecule has 82 valence electrons. The molecule has 0 spiro atoms. The van der Waals surface area contributed by atoms with Gasteiger partial charge < -0.3 is 0 Å². The van der Waals surface area contributed by atoms with E-state index in [4.69, 9.17) is 5.84 Å². The molecule has 2 aromatic rings. The smallest absolute Gasteiger partial charge is 0.0725 e. The van der Waals surface area contributed by atoms with Gasteiger partial charge in [0.15, 0.2) is 0 Å². The lowest BCUT2D eigenvalue weighted by atomic mass is 10.0. The Morgan fingerprint density at radius 2 is 2.00 bits per heavy atom. The van der Waals surface area contributed by atoms with Crippen LogP contribution < -0.4 is 11.3 Å². The number of hydrazine groups is 1. The molecule has 0 saturated heterocycles. The number of nitrogens with one attached hydrogen (secondary N) is 1. The number of halogens is 1. The SMILES string of the molecule is NNC(c1cccnc1)c1cccc(I)c1. The van der Waals surface area contributed by atoms with Crippen molar-refractivity contribution in [3.8, 4) is 0 Å². The predicted octanol–water partition coefficient (Wildman–Crippen LogP) is 2.24. The molecule has 0 radical (unpaired) electrons. The Morgan fingerprint density at radius 3 is 2.62 bits per heavy atom. The summed E-state index contributed by atoms with van der Waals surface area (Å²) in [5, 5.41) is 0. The molecular formula is C12H12IN3.